The van der Waals surface area contributed by atoms with Gasteiger partial charge in [0.2, 0.25) is 0 Å². The smallest absolute Gasteiger partial charge is 0.434 e. The SMILES string of the molecule is CC(C)(C)OC(=O)N1CCC1n1cc(C(F)(F)F)nc1-c1ccc(CN)cc1. The number of aromatic nitrogens is 2. The number of likely N-dealkylation sites (tertiary alicyclic amines) is 1. The van der Waals surface area contributed by atoms with Crippen LogP contribution in [0.5, 0.6) is 0 Å². The zero-order chi connectivity index (χ0) is 20.7. The minimum atomic E-state index is -4.59. The molecular weight excluding hydrogens is 373 g/mol. The van der Waals surface area contributed by atoms with Crippen LogP contribution in [0.15, 0.2) is 30.5 Å². The minimum Gasteiger partial charge on any atom is -0.444 e. The lowest BCUT2D eigenvalue weighted by molar-refractivity contribution is -0.141. The van der Waals surface area contributed by atoms with Crippen LogP contribution in [0.2, 0.25) is 0 Å². The summed E-state index contributed by atoms with van der Waals surface area (Å²) in [6, 6.07) is 6.84. The third-order valence-corrected chi connectivity index (χ3v) is 4.41. The summed E-state index contributed by atoms with van der Waals surface area (Å²) in [6.45, 7) is 5.96. The molecule has 0 saturated carbocycles. The number of nitrogens with zero attached hydrogens (tertiary/aromatic N) is 3. The van der Waals surface area contributed by atoms with Crippen LogP contribution in [0, 0.1) is 0 Å². The number of hydrogen-bond donors (Lipinski definition) is 1. The number of rotatable bonds is 3. The van der Waals surface area contributed by atoms with Gasteiger partial charge in [0.05, 0.1) is 0 Å². The second-order valence-electron chi connectivity index (χ2n) is 7.70. The van der Waals surface area contributed by atoms with Gasteiger partial charge in [-0.2, -0.15) is 13.2 Å². The molecule has 1 fully saturated rings. The number of carbonyl (C=O) groups is 1. The van der Waals surface area contributed by atoms with Gasteiger partial charge in [-0.25, -0.2) is 9.78 Å². The average molecular weight is 396 g/mol. The first-order valence-corrected chi connectivity index (χ1v) is 8.94. The summed E-state index contributed by atoms with van der Waals surface area (Å²) in [7, 11) is 0. The van der Waals surface area contributed by atoms with Crippen LogP contribution in [-0.4, -0.2) is 32.7 Å². The highest BCUT2D eigenvalue weighted by Crippen LogP contribution is 2.37. The predicted molar refractivity (Wildman–Crippen MR) is 97.2 cm³/mol. The van der Waals surface area contributed by atoms with Gasteiger partial charge in [-0.1, -0.05) is 24.3 Å². The third-order valence-electron chi connectivity index (χ3n) is 4.41. The van der Waals surface area contributed by atoms with Crippen molar-refractivity contribution in [3.05, 3.63) is 41.7 Å². The number of amides is 1. The average Bonchev–Trinajstić information content (AvgIpc) is 2.97. The highest BCUT2D eigenvalue weighted by molar-refractivity contribution is 5.69. The van der Waals surface area contributed by atoms with E-state index in [-0.39, 0.29) is 5.82 Å². The van der Waals surface area contributed by atoms with Crippen molar-refractivity contribution in [2.75, 3.05) is 6.54 Å². The molecule has 28 heavy (non-hydrogen) atoms. The van der Waals surface area contributed by atoms with Gasteiger partial charge < -0.3 is 15.0 Å². The monoisotopic (exact) mass is 396 g/mol. The number of nitrogens with two attached hydrogens (primary N) is 1. The molecule has 1 aromatic heterocycles. The van der Waals surface area contributed by atoms with Crippen LogP contribution in [0.25, 0.3) is 11.4 Å². The first-order chi connectivity index (χ1) is 13.0. The summed E-state index contributed by atoms with van der Waals surface area (Å²) >= 11 is 0. The molecule has 3 rings (SSSR count). The Morgan fingerprint density at radius 1 is 1.25 bits per heavy atom. The van der Waals surface area contributed by atoms with Gasteiger partial charge in [0, 0.05) is 31.3 Å². The highest BCUT2D eigenvalue weighted by atomic mass is 19.4. The fourth-order valence-electron chi connectivity index (χ4n) is 2.96. The molecule has 0 bridgehead atoms. The van der Waals surface area contributed by atoms with E-state index in [0.717, 1.165) is 11.8 Å². The van der Waals surface area contributed by atoms with E-state index >= 15 is 0 Å². The van der Waals surface area contributed by atoms with Crippen LogP contribution in [-0.2, 0) is 17.5 Å². The molecule has 9 heteroatoms. The Hall–Kier alpha value is -2.55. The number of hydrogen-bond acceptors (Lipinski definition) is 4. The molecule has 2 aromatic rings. The Kier molecular flexibility index (Phi) is 5.14. The predicted octanol–water partition coefficient (Wildman–Crippen LogP) is 4.17. The normalized spacial score (nSPS) is 17.4. The lowest BCUT2D eigenvalue weighted by atomic mass is 10.1. The number of carbonyl (C=O) groups excluding carboxylic acids is 1. The molecular formula is C19H23F3N4O2. The van der Waals surface area contributed by atoms with E-state index < -0.39 is 29.7 Å². The van der Waals surface area contributed by atoms with Crippen LogP contribution in [0.3, 0.4) is 0 Å². The Balaban J connectivity index is 1.97. The molecule has 2 heterocycles. The van der Waals surface area contributed by atoms with Crippen molar-refractivity contribution in [3.8, 4) is 11.4 Å². The largest absolute Gasteiger partial charge is 0.444 e. The molecule has 0 aliphatic carbocycles. The molecule has 2 N–H and O–H groups in total. The molecule has 1 aromatic carbocycles. The Morgan fingerprint density at radius 2 is 1.89 bits per heavy atom. The van der Waals surface area contributed by atoms with E-state index in [9.17, 15) is 18.0 Å². The molecule has 0 radical (unpaired) electrons. The molecule has 1 unspecified atom stereocenters. The molecule has 152 valence electrons. The van der Waals surface area contributed by atoms with Crippen molar-refractivity contribution >= 4 is 6.09 Å². The van der Waals surface area contributed by atoms with Crippen LogP contribution in [0.4, 0.5) is 18.0 Å². The van der Waals surface area contributed by atoms with Crippen molar-refractivity contribution in [1.29, 1.82) is 0 Å². The molecule has 1 amide bonds. The van der Waals surface area contributed by atoms with Gasteiger partial charge in [0.1, 0.15) is 17.6 Å². The minimum absolute atomic E-state index is 0.147. The van der Waals surface area contributed by atoms with E-state index in [0.29, 0.717) is 25.1 Å². The maximum atomic E-state index is 13.3. The Morgan fingerprint density at radius 3 is 2.36 bits per heavy atom. The van der Waals surface area contributed by atoms with Crippen LogP contribution < -0.4 is 5.73 Å². The lowest BCUT2D eigenvalue weighted by Crippen LogP contribution is -2.49. The summed E-state index contributed by atoms with van der Waals surface area (Å²) in [5, 5.41) is 0. The number of benzene rings is 1. The van der Waals surface area contributed by atoms with Crippen molar-refractivity contribution in [1.82, 2.24) is 14.5 Å². The Bertz CT molecular complexity index is 854. The number of imidazole rings is 1. The topological polar surface area (TPSA) is 73.4 Å². The first-order valence-electron chi connectivity index (χ1n) is 8.94. The maximum Gasteiger partial charge on any atom is 0.434 e. The van der Waals surface area contributed by atoms with Crippen molar-refractivity contribution in [2.24, 2.45) is 5.73 Å². The second kappa shape index (κ2) is 7.12. The van der Waals surface area contributed by atoms with Crippen molar-refractivity contribution in [2.45, 2.75) is 51.7 Å². The summed E-state index contributed by atoms with van der Waals surface area (Å²) in [5.74, 6) is 0.147. The fraction of sp³-hybridized carbons (Fsp3) is 0.474. The number of alkyl halides is 3. The standard InChI is InChI=1S/C19H23F3N4O2/c1-18(2,3)28-17(27)25-9-8-15(25)26-11-14(19(20,21)22)24-16(26)13-6-4-12(10-23)5-7-13/h4-7,11,15H,8-10,23H2,1-3H3. The van der Waals surface area contributed by atoms with Crippen LogP contribution in [0.1, 0.15) is 44.6 Å². The van der Waals surface area contributed by atoms with E-state index in [1.807, 2.05) is 0 Å². The maximum absolute atomic E-state index is 13.3. The third kappa shape index (κ3) is 4.14. The quantitative estimate of drug-likeness (QED) is 0.845. The second-order valence-corrected chi connectivity index (χ2v) is 7.70. The van der Waals surface area contributed by atoms with Gasteiger partial charge in [-0.15, -0.1) is 0 Å². The molecule has 1 aliphatic rings. The molecule has 1 saturated heterocycles. The Labute approximate surface area is 161 Å². The molecule has 6 nitrogen and oxygen atoms in total. The fourth-order valence-corrected chi connectivity index (χ4v) is 2.96. The zero-order valence-electron chi connectivity index (χ0n) is 16.0. The first kappa shape index (κ1) is 20.2. The van der Waals surface area contributed by atoms with Gasteiger partial charge in [0.25, 0.3) is 0 Å². The van der Waals surface area contributed by atoms with Gasteiger partial charge in [0.15, 0.2) is 5.69 Å². The number of ether oxygens (including phenoxy) is 1. The van der Waals surface area contributed by atoms with Gasteiger partial charge >= 0.3 is 12.3 Å². The summed E-state index contributed by atoms with van der Waals surface area (Å²) in [4.78, 5) is 17.6. The van der Waals surface area contributed by atoms with Crippen LogP contribution >= 0.6 is 0 Å². The van der Waals surface area contributed by atoms with E-state index in [1.165, 1.54) is 9.47 Å². The van der Waals surface area contributed by atoms with Crippen molar-refractivity contribution in [3.63, 3.8) is 0 Å². The van der Waals surface area contributed by atoms with E-state index in [2.05, 4.69) is 4.98 Å². The highest BCUT2D eigenvalue weighted by Gasteiger charge is 2.41. The van der Waals surface area contributed by atoms with Crippen molar-refractivity contribution < 1.29 is 22.7 Å². The van der Waals surface area contributed by atoms with Gasteiger partial charge in [-0.05, 0) is 26.3 Å². The zero-order valence-corrected chi connectivity index (χ0v) is 16.0. The molecule has 1 aliphatic heterocycles. The summed E-state index contributed by atoms with van der Waals surface area (Å²) in [5.41, 5.74) is 5.27. The molecule has 0 spiro atoms. The number of halogens is 3. The summed E-state index contributed by atoms with van der Waals surface area (Å²) < 4.78 is 46.6. The lowest BCUT2D eigenvalue weighted by Gasteiger charge is -2.42. The summed E-state index contributed by atoms with van der Waals surface area (Å²) in [6.07, 6.45) is -4.26. The molecule has 1 atom stereocenters. The van der Waals surface area contributed by atoms with E-state index in [1.54, 1.807) is 45.0 Å². The van der Waals surface area contributed by atoms with Gasteiger partial charge in [-0.3, -0.25) is 4.90 Å². The van der Waals surface area contributed by atoms with E-state index in [4.69, 9.17) is 10.5 Å².